The van der Waals surface area contributed by atoms with Crippen molar-refractivity contribution in [1.82, 2.24) is 10.2 Å². The lowest BCUT2D eigenvalue weighted by molar-refractivity contribution is -0.134. The highest BCUT2D eigenvalue weighted by molar-refractivity contribution is 5.85. The molecule has 6 nitrogen and oxygen atoms in total. The monoisotopic (exact) mass is 376 g/mol. The maximum absolute atomic E-state index is 12.3. The number of hydrogen-bond donors (Lipinski definition) is 1. The Kier molecular flexibility index (Phi) is 7.51. The first kappa shape index (κ1) is 21.1. The van der Waals surface area contributed by atoms with Crippen molar-refractivity contribution >= 4 is 11.8 Å². The molecule has 2 amide bonds. The standard InChI is InChI=1S/C21H32N2O4/c1-5-26-17-8-6-7-9-18(17)27-16-10-12-23(13-11-16)20(25)15-22-19(24)14-21(2,3)4/h6-9,16H,5,10-15H2,1-4H3,(H,22,24). The van der Waals surface area contributed by atoms with Crippen molar-refractivity contribution in [2.24, 2.45) is 5.41 Å². The molecule has 0 atom stereocenters. The molecule has 1 saturated heterocycles. The van der Waals surface area contributed by atoms with Gasteiger partial charge >= 0.3 is 0 Å². The van der Waals surface area contributed by atoms with Gasteiger partial charge in [-0.2, -0.15) is 0 Å². The van der Waals surface area contributed by atoms with Gasteiger partial charge in [-0.25, -0.2) is 0 Å². The molecule has 0 saturated carbocycles. The minimum Gasteiger partial charge on any atom is -0.490 e. The van der Waals surface area contributed by atoms with Crippen molar-refractivity contribution in [2.45, 2.75) is 53.1 Å². The van der Waals surface area contributed by atoms with Crippen LogP contribution in [0.15, 0.2) is 24.3 Å². The van der Waals surface area contributed by atoms with E-state index in [-0.39, 0.29) is 29.9 Å². The lowest BCUT2D eigenvalue weighted by Gasteiger charge is -2.32. The lowest BCUT2D eigenvalue weighted by Crippen LogP contribution is -2.46. The zero-order chi connectivity index (χ0) is 19.9. The molecule has 1 aliphatic rings. The summed E-state index contributed by atoms with van der Waals surface area (Å²) in [6.07, 6.45) is 2.01. The van der Waals surface area contributed by atoms with Gasteiger partial charge < -0.3 is 19.7 Å². The number of ether oxygens (including phenoxy) is 2. The van der Waals surface area contributed by atoms with Crippen molar-refractivity contribution in [3.05, 3.63) is 24.3 Å². The number of nitrogens with one attached hydrogen (secondary N) is 1. The van der Waals surface area contributed by atoms with E-state index in [4.69, 9.17) is 9.47 Å². The third-order valence-electron chi connectivity index (χ3n) is 4.36. The number of hydrogen-bond acceptors (Lipinski definition) is 4. The summed E-state index contributed by atoms with van der Waals surface area (Å²) in [6.45, 7) is 9.88. The summed E-state index contributed by atoms with van der Waals surface area (Å²) in [4.78, 5) is 26.0. The quantitative estimate of drug-likeness (QED) is 0.794. The lowest BCUT2D eigenvalue weighted by atomic mass is 9.92. The maximum atomic E-state index is 12.3. The van der Waals surface area contributed by atoms with Crippen molar-refractivity contribution in [3.8, 4) is 11.5 Å². The number of rotatable bonds is 7. The summed E-state index contributed by atoms with van der Waals surface area (Å²) >= 11 is 0. The van der Waals surface area contributed by atoms with Gasteiger partial charge in [-0.05, 0) is 24.5 Å². The van der Waals surface area contributed by atoms with E-state index in [0.29, 0.717) is 26.1 Å². The predicted molar refractivity (Wildman–Crippen MR) is 105 cm³/mol. The van der Waals surface area contributed by atoms with Gasteiger partial charge in [0.05, 0.1) is 13.2 Å². The molecule has 0 bridgehead atoms. The van der Waals surface area contributed by atoms with E-state index in [1.54, 1.807) is 4.90 Å². The minimum absolute atomic E-state index is 0.0366. The number of nitrogens with zero attached hydrogens (tertiary/aromatic N) is 1. The van der Waals surface area contributed by atoms with E-state index in [2.05, 4.69) is 5.32 Å². The fourth-order valence-electron chi connectivity index (χ4n) is 3.06. The first-order valence-corrected chi connectivity index (χ1v) is 9.71. The van der Waals surface area contributed by atoms with Crippen LogP contribution in [0.3, 0.4) is 0 Å². The van der Waals surface area contributed by atoms with Crippen LogP contribution in [0.1, 0.15) is 47.0 Å². The highest BCUT2D eigenvalue weighted by Gasteiger charge is 2.25. The Bertz CT molecular complexity index is 631. The highest BCUT2D eigenvalue weighted by Crippen LogP contribution is 2.29. The molecule has 1 aliphatic heterocycles. The van der Waals surface area contributed by atoms with Crippen LogP contribution >= 0.6 is 0 Å². The Labute approximate surface area is 162 Å². The van der Waals surface area contributed by atoms with Gasteiger partial charge in [0.2, 0.25) is 11.8 Å². The summed E-state index contributed by atoms with van der Waals surface area (Å²) in [6, 6.07) is 7.66. The second kappa shape index (κ2) is 9.62. The smallest absolute Gasteiger partial charge is 0.241 e. The van der Waals surface area contributed by atoms with Crippen LogP contribution < -0.4 is 14.8 Å². The SMILES string of the molecule is CCOc1ccccc1OC1CCN(C(=O)CNC(=O)CC(C)(C)C)CC1. The second-order valence-electron chi connectivity index (χ2n) is 8.09. The van der Waals surface area contributed by atoms with Crippen LogP contribution in [0.5, 0.6) is 11.5 Å². The molecule has 0 radical (unpaired) electrons. The van der Waals surface area contributed by atoms with E-state index >= 15 is 0 Å². The number of para-hydroxylation sites is 2. The Morgan fingerprint density at radius 2 is 1.78 bits per heavy atom. The third kappa shape index (κ3) is 7.12. The van der Waals surface area contributed by atoms with E-state index in [0.717, 1.165) is 24.3 Å². The molecule has 6 heteroatoms. The zero-order valence-corrected chi connectivity index (χ0v) is 16.9. The van der Waals surface area contributed by atoms with Gasteiger partial charge in [-0.1, -0.05) is 32.9 Å². The van der Waals surface area contributed by atoms with Gasteiger partial charge in [0.1, 0.15) is 6.10 Å². The number of likely N-dealkylation sites (tertiary alicyclic amines) is 1. The second-order valence-corrected chi connectivity index (χ2v) is 8.09. The number of carbonyl (C=O) groups is 2. The molecule has 0 aromatic heterocycles. The molecule has 27 heavy (non-hydrogen) atoms. The Balaban J connectivity index is 1.76. The number of carbonyl (C=O) groups excluding carboxylic acids is 2. The largest absolute Gasteiger partial charge is 0.490 e. The van der Waals surface area contributed by atoms with Gasteiger partial charge in [0.15, 0.2) is 11.5 Å². The van der Waals surface area contributed by atoms with E-state index in [9.17, 15) is 9.59 Å². The molecule has 1 aromatic carbocycles. The normalized spacial score (nSPS) is 15.3. The topological polar surface area (TPSA) is 67.9 Å². The summed E-state index contributed by atoms with van der Waals surface area (Å²) in [5.41, 5.74) is -0.0827. The van der Waals surface area contributed by atoms with Crippen molar-refractivity contribution in [3.63, 3.8) is 0 Å². The molecule has 1 aromatic rings. The third-order valence-corrected chi connectivity index (χ3v) is 4.36. The van der Waals surface area contributed by atoms with Gasteiger partial charge in [0.25, 0.3) is 0 Å². The van der Waals surface area contributed by atoms with Gasteiger partial charge in [-0.15, -0.1) is 0 Å². The number of amides is 2. The molecular weight excluding hydrogens is 344 g/mol. The van der Waals surface area contributed by atoms with Gasteiger partial charge in [-0.3, -0.25) is 9.59 Å². The molecular formula is C21H32N2O4. The molecule has 0 unspecified atom stereocenters. The van der Waals surface area contributed by atoms with Crippen molar-refractivity contribution in [2.75, 3.05) is 26.2 Å². The van der Waals surface area contributed by atoms with Crippen LogP contribution in [0.25, 0.3) is 0 Å². The van der Waals surface area contributed by atoms with E-state index < -0.39 is 0 Å². The fourth-order valence-corrected chi connectivity index (χ4v) is 3.06. The van der Waals surface area contributed by atoms with Crippen molar-refractivity contribution in [1.29, 1.82) is 0 Å². The highest BCUT2D eigenvalue weighted by atomic mass is 16.5. The van der Waals surface area contributed by atoms with Crippen LogP contribution in [0.2, 0.25) is 0 Å². The first-order valence-electron chi connectivity index (χ1n) is 9.71. The van der Waals surface area contributed by atoms with Crippen LogP contribution in [-0.2, 0) is 9.59 Å². The summed E-state index contributed by atoms with van der Waals surface area (Å²) < 4.78 is 11.7. The predicted octanol–water partition coefficient (Wildman–Crippen LogP) is 3.01. The minimum atomic E-state index is -0.0827. The first-order chi connectivity index (χ1) is 12.8. The van der Waals surface area contributed by atoms with Crippen LogP contribution in [-0.4, -0.2) is 49.1 Å². The fraction of sp³-hybridized carbons (Fsp3) is 0.619. The van der Waals surface area contributed by atoms with Crippen molar-refractivity contribution < 1.29 is 19.1 Å². The van der Waals surface area contributed by atoms with E-state index in [1.165, 1.54) is 0 Å². The molecule has 1 heterocycles. The van der Waals surface area contributed by atoms with Gasteiger partial charge in [0, 0.05) is 32.4 Å². The Morgan fingerprint density at radius 3 is 2.37 bits per heavy atom. The molecule has 0 spiro atoms. The summed E-state index contributed by atoms with van der Waals surface area (Å²) in [5.74, 6) is 1.38. The maximum Gasteiger partial charge on any atom is 0.241 e. The Hall–Kier alpha value is -2.24. The van der Waals surface area contributed by atoms with Crippen LogP contribution in [0.4, 0.5) is 0 Å². The molecule has 1 N–H and O–H groups in total. The molecule has 2 rings (SSSR count). The molecule has 150 valence electrons. The molecule has 0 aliphatic carbocycles. The number of benzene rings is 1. The molecule has 1 fully saturated rings. The van der Waals surface area contributed by atoms with E-state index in [1.807, 2.05) is 52.0 Å². The average Bonchev–Trinajstić information content (AvgIpc) is 2.61. The Morgan fingerprint density at radius 1 is 1.15 bits per heavy atom. The zero-order valence-electron chi connectivity index (χ0n) is 16.9. The summed E-state index contributed by atoms with van der Waals surface area (Å²) in [5, 5.41) is 2.73. The summed E-state index contributed by atoms with van der Waals surface area (Å²) in [7, 11) is 0. The average molecular weight is 376 g/mol. The number of piperidine rings is 1. The van der Waals surface area contributed by atoms with Crippen LogP contribution in [0, 0.1) is 5.41 Å².